The lowest BCUT2D eigenvalue weighted by Crippen LogP contribution is -2.03. The first-order chi connectivity index (χ1) is 11.7. The number of hydrogen-bond donors (Lipinski definition) is 1. The quantitative estimate of drug-likeness (QED) is 0.743. The molecule has 0 bridgehead atoms. The molecule has 3 aromatic rings. The largest absolute Gasteiger partial charge is 0.478 e. The van der Waals surface area contributed by atoms with Gasteiger partial charge in [0.25, 0.3) is 0 Å². The Balaban J connectivity index is 1.95. The normalized spacial score (nSPS) is 10.8. The van der Waals surface area contributed by atoms with Gasteiger partial charge in [-0.15, -0.1) is 0 Å². The van der Waals surface area contributed by atoms with Crippen LogP contribution in [0.15, 0.2) is 48.9 Å². The van der Waals surface area contributed by atoms with Gasteiger partial charge in [0, 0.05) is 28.5 Å². The fraction of sp³-hybridized carbons (Fsp3) is 0.222. The van der Waals surface area contributed by atoms with Gasteiger partial charge in [0.1, 0.15) is 0 Å². The summed E-state index contributed by atoms with van der Waals surface area (Å²) in [6, 6.07) is 9.64. The van der Waals surface area contributed by atoms with Crippen molar-refractivity contribution in [1.82, 2.24) is 14.8 Å². The number of benzene rings is 1. The highest BCUT2D eigenvalue weighted by Gasteiger charge is 2.11. The Morgan fingerprint density at radius 3 is 2.79 bits per heavy atom. The van der Waals surface area contributed by atoms with E-state index in [0.29, 0.717) is 24.1 Å². The van der Waals surface area contributed by atoms with Crippen LogP contribution in [0.3, 0.4) is 0 Å². The van der Waals surface area contributed by atoms with E-state index in [4.69, 9.17) is 21.4 Å². The molecular weight excluding hydrogens is 326 g/mol. The van der Waals surface area contributed by atoms with Crippen LogP contribution in [0, 0.1) is 0 Å². The highest BCUT2D eigenvalue weighted by Crippen LogP contribution is 2.31. The number of halogens is 1. The van der Waals surface area contributed by atoms with E-state index in [1.165, 1.54) is 0 Å². The van der Waals surface area contributed by atoms with Crippen LogP contribution < -0.4 is 4.74 Å². The maximum absolute atomic E-state index is 9.14. The lowest BCUT2D eigenvalue weighted by atomic mass is 10.1. The molecule has 124 valence electrons. The lowest BCUT2D eigenvalue weighted by molar-refractivity contribution is 0.281. The summed E-state index contributed by atoms with van der Waals surface area (Å²) in [7, 11) is 0. The average Bonchev–Trinajstić information content (AvgIpc) is 3.04. The number of aliphatic hydroxyl groups is 1. The number of nitrogens with zero attached hydrogens (tertiary/aromatic N) is 3. The predicted octanol–water partition coefficient (Wildman–Crippen LogP) is 3.54. The number of hydrogen-bond acceptors (Lipinski definition) is 4. The Hall–Kier alpha value is -2.37. The summed E-state index contributed by atoms with van der Waals surface area (Å²) in [5, 5.41) is 14.0. The number of aliphatic hydroxyl groups excluding tert-OH is 1. The van der Waals surface area contributed by atoms with Crippen molar-refractivity contribution in [1.29, 1.82) is 0 Å². The molecular formula is C18H18ClN3O2. The zero-order valence-corrected chi connectivity index (χ0v) is 14.1. The topological polar surface area (TPSA) is 60.2 Å². The summed E-state index contributed by atoms with van der Waals surface area (Å²) in [4.78, 5) is 4.44. The van der Waals surface area contributed by atoms with E-state index in [9.17, 15) is 0 Å². The van der Waals surface area contributed by atoms with E-state index in [-0.39, 0.29) is 6.61 Å². The molecule has 0 aliphatic carbocycles. The maximum atomic E-state index is 9.14. The van der Waals surface area contributed by atoms with E-state index >= 15 is 0 Å². The fourth-order valence-corrected chi connectivity index (χ4v) is 2.65. The van der Waals surface area contributed by atoms with Gasteiger partial charge in [-0.25, -0.2) is 4.98 Å². The molecule has 1 aromatic carbocycles. The molecule has 0 atom stereocenters. The number of aromatic nitrogens is 3. The van der Waals surface area contributed by atoms with Gasteiger partial charge in [-0.05, 0) is 36.2 Å². The van der Waals surface area contributed by atoms with E-state index in [1.807, 2.05) is 43.5 Å². The smallest absolute Gasteiger partial charge is 0.221 e. The van der Waals surface area contributed by atoms with Gasteiger partial charge in [-0.2, -0.15) is 5.10 Å². The summed E-state index contributed by atoms with van der Waals surface area (Å²) in [6.45, 7) is 3.01. The van der Waals surface area contributed by atoms with Crippen molar-refractivity contribution in [3.63, 3.8) is 0 Å². The zero-order valence-electron chi connectivity index (χ0n) is 13.3. The van der Waals surface area contributed by atoms with Crippen LogP contribution in [0.4, 0.5) is 0 Å². The van der Waals surface area contributed by atoms with Gasteiger partial charge >= 0.3 is 0 Å². The standard InChI is InChI=1S/C18H18ClN3O2/c1-2-24-18-17(15-4-3-5-16(19)7-15)6-13(8-20-18)10-22-11-14(12-23)9-21-22/h3-9,11,23H,2,10,12H2,1H3. The first kappa shape index (κ1) is 16.5. The van der Waals surface area contributed by atoms with Crippen LogP contribution in [0.25, 0.3) is 11.1 Å². The molecule has 0 unspecified atom stereocenters. The Morgan fingerprint density at radius 2 is 2.08 bits per heavy atom. The van der Waals surface area contributed by atoms with Crippen molar-refractivity contribution in [2.24, 2.45) is 0 Å². The molecule has 1 N–H and O–H groups in total. The van der Waals surface area contributed by atoms with E-state index < -0.39 is 0 Å². The first-order valence-corrected chi connectivity index (χ1v) is 8.07. The summed E-state index contributed by atoms with van der Waals surface area (Å²) in [5.74, 6) is 0.583. The van der Waals surface area contributed by atoms with Crippen molar-refractivity contribution in [2.75, 3.05) is 6.61 Å². The van der Waals surface area contributed by atoms with E-state index in [1.54, 1.807) is 17.1 Å². The van der Waals surface area contributed by atoms with Crippen LogP contribution in [-0.4, -0.2) is 26.5 Å². The molecule has 2 aromatic heterocycles. The molecule has 0 saturated carbocycles. The van der Waals surface area contributed by atoms with Gasteiger partial charge in [0.15, 0.2) is 0 Å². The molecule has 0 aliphatic heterocycles. The third kappa shape index (κ3) is 3.75. The molecule has 3 rings (SSSR count). The second-order valence-electron chi connectivity index (χ2n) is 5.34. The summed E-state index contributed by atoms with van der Waals surface area (Å²) >= 11 is 6.11. The molecule has 2 heterocycles. The minimum Gasteiger partial charge on any atom is -0.478 e. The van der Waals surface area contributed by atoms with Crippen molar-refractivity contribution >= 4 is 11.6 Å². The van der Waals surface area contributed by atoms with Gasteiger partial charge in [-0.3, -0.25) is 4.68 Å². The molecule has 0 spiro atoms. The highest BCUT2D eigenvalue weighted by atomic mass is 35.5. The molecule has 5 nitrogen and oxygen atoms in total. The van der Waals surface area contributed by atoms with Crippen molar-refractivity contribution in [2.45, 2.75) is 20.1 Å². The first-order valence-electron chi connectivity index (χ1n) is 7.69. The Kier molecular flexibility index (Phi) is 5.13. The van der Waals surface area contributed by atoms with Gasteiger partial charge in [0.05, 0.1) is 26.0 Å². The van der Waals surface area contributed by atoms with Crippen LogP contribution in [0.1, 0.15) is 18.1 Å². The molecule has 0 amide bonds. The van der Waals surface area contributed by atoms with Crippen molar-refractivity contribution in [3.8, 4) is 17.0 Å². The van der Waals surface area contributed by atoms with Crippen LogP contribution >= 0.6 is 11.6 Å². The highest BCUT2D eigenvalue weighted by molar-refractivity contribution is 6.30. The third-order valence-electron chi connectivity index (χ3n) is 3.54. The zero-order chi connectivity index (χ0) is 16.9. The second kappa shape index (κ2) is 7.47. The number of ether oxygens (including phenoxy) is 1. The Labute approximate surface area is 145 Å². The minimum atomic E-state index is -0.0186. The predicted molar refractivity (Wildman–Crippen MR) is 93.1 cm³/mol. The monoisotopic (exact) mass is 343 g/mol. The number of pyridine rings is 1. The van der Waals surface area contributed by atoms with Crippen molar-refractivity contribution in [3.05, 3.63) is 65.1 Å². The number of rotatable bonds is 6. The van der Waals surface area contributed by atoms with Crippen LogP contribution in [0.5, 0.6) is 5.88 Å². The summed E-state index contributed by atoms with van der Waals surface area (Å²) in [6.07, 6.45) is 5.24. The molecule has 0 saturated heterocycles. The molecule has 0 fully saturated rings. The molecule has 6 heteroatoms. The average molecular weight is 344 g/mol. The summed E-state index contributed by atoms with van der Waals surface area (Å²) < 4.78 is 7.42. The Bertz CT molecular complexity index is 833. The SMILES string of the molecule is CCOc1ncc(Cn2cc(CO)cn2)cc1-c1cccc(Cl)c1. The fourth-order valence-electron chi connectivity index (χ4n) is 2.46. The molecule has 0 aliphatic rings. The van der Waals surface area contributed by atoms with Gasteiger partial charge < -0.3 is 9.84 Å². The minimum absolute atomic E-state index is 0.0186. The summed E-state index contributed by atoms with van der Waals surface area (Å²) in [5.41, 5.74) is 3.62. The maximum Gasteiger partial charge on any atom is 0.221 e. The van der Waals surface area contributed by atoms with Gasteiger partial charge in [-0.1, -0.05) is 23.7 Å². The lowest BCUT2D eigenvalue weighted by Gasteiger charge is -2.12. The van der Waals surface area contributed by atoms with Gasteiger partial charge in [0.2, 0.25) is 5.88 Å². The molecule has 0 radical (unpaired) electrons. The van der Waals surface area contributed by atoms with Crippen LogP contribution in [-0.2, 0) is 13.2 Å². The Morgan fingerprint density at radius 1 is 1.21 bits per heavy atom. The third-order valence-corrected chi connectivity index (χ3v) is 3.77. The molecule has 24 heavy (non-hydrogen) atoms. The van der Waals surface area contributed by atoms with E-state index in [2.05, 4.69) is 10.1 Å². The van der Waals surface area contributed by atoms with Crippen LogP contribution in [0.2, 0.25) is 5.02 Å². The second-order valence-corrected chi connectivity index (χ2v) is 5.78. The van der Waals surface area contributed by atoms with Crippen molar-refractivity contribution < 1.29 is 9.84 Å². The van der Waals surface area contributed by atoms with E-state index in [0.717, 1.165) is 22.3 Å².